The second kappa shape index (κ2) is 6.38. The fourth-order valence-corrected chi connectivity index (χ4v) is 3.01. The van der Waals surface area contributed by atoms with E-state index >= 15 is 0 Å². The second-order valence-corrected chi connectivity index (χ2v) is 6.26. The summed E-state index contributed by atoms with van der Waals surface area (Å²) in [6, 6.07) is 12.1. The molecule has 1 aromatic rings. The lowest BCUT2D eigenvalue weighted by Gasteiger charge is -2.33. The van der Waals surface area contributed by atoms with Gasteiger partial charge in [0, 0.05) is 12.1 Å². The van der Waals surface area contributed by atoms with Crippen molar-refractivity contribution >= 4 is 0 Å². The number of rotatable bonds is 4. The van der Waals surface area contributed by atoms with Gasteiger partial charge in [0.2, 0.25) is 0 Å². The van der Waals surface area contributed by atoms with Crippen LogP contribution in [0.5, 0.6) is 0 Å². The van der Waals surface area contributed by atoms with Crippen molar-refractivity contribution in [1.82, 2.24) is 5.32 Å². The first-order valence-electron chi connectivity index (χ1n) is 7.48. The Morgan fingerprint density at radius 1 is 1.00 bits per heavy atom. The van der Waals surface area contributed by atoms with Crippen LogP contribution >= 0.6 is 0 Å². The van der Waals surface area contributed by atoms with Crippen molar-refractivity contribution in [3.05, 3.63) is 35.9 Å². The standard InChI is InChI=1S/C17H27N/c1-13(2)17(15-7-5-4-6-8-15)18-16-11-9-14(3)10-12-16/h4-8,13-14,16-18H,9-12H2,1-3H3. The molecule has 1 atom stereocenters. The van der Waals surface area contributed by atoms with Gasteiger partial charge in [0.05, 0.1) is 0 Å². The molecule has 1 saturated carbocycles. The summed E-state index contributed by atoms with van der Waals surface area (Å²) in [5.41, 5.74) is 1.44. The maximum Gasteiger partial charge on any atom is 0.0345 e. The lowest BCUT2D eigenvalue weighted by atomic mass is 9.85. The Labute approximate surface area is 112 Å². The Balaban J connectivity index is 1.99. The molecule has 2 rings (SSSR count). The summed E-state index contributed by atoms with van der Waals surface area (Å²) in [6.07, 6.45) is 5.46. The van der Waals surface area contributed by atoms with Gasteiger partial charge in [-0.1, -0.05) is 51.1 Å². The van der Waals surface area contributed by atoms with Crippen LogP contribution in [0.15, 0.2) is 30.3 Å². The van der Waals surface area contributed by atoms with Gasteiger partial charge in [0.25, 0.3) is 0 Å². The van der Waals surface area contributed by atoms with E-state index in [2.05, 4.69) is 56.4 Å². The van der Waals surface area contributed by atoms with Crippen LogP contribution < -0.4 is 5.32 Å². The fourth-order valence-electron chi connectivity index (χ4n) is 3.01. The highest BCUT2D eigenvalue weighted by atomic mass is 15.0. The van der Waals surface area contributed by atoms with E-state index in [0.29, 0.717) is 18.0 Å². The predicted octanol–water partition coefficient (Wildman–Crippen LogP) is 4.55. The molecular weight excluding hydrogens is 218 g/mol. The zero-order valence-corrected chi connectivity index (χ0v) is 12.0. The number of hydrogen-bond acceptors (Lipinski definition) is 1. The van der Waals surface area contributed by atoms with E-state index in [1.54, 1.807) is 0 Å². The minimum atomic E-state index is 0.504. The molecule has 0 radical (unpaired) electrons. The fraction of sp³-hybridized carbons (Fsp3) is 0.647. The zero-order chi connectivity index (χ0) is 13.0. The monoisotopic (exact) mass is 245 g/mol. The van der Waals surface area contributed by atoms with Gasteiger partial charge in [-0.2, -0.15) is 0 Å². The largest absolute Gasteiger partial charge is 0.307 e. The second-order valence-electron chi connectivity index (χ2n) is 6.26. The average molecular weight is 245 g/mol. The van der Waals surface area contributed by atoms with E-state index in [1.807, 2.05) is 0 Å². The Hall–Kier alpha value is -0.820. The van der Waals surface area contributed by atoms with Crippen LogP contribution in [0.4, 0.5) is 0 Å². The molecule has 1 nitrogen and oxygen atoms in total. The van der Waals surface area contributed by atoms with Gasteiger partial charge in [-0.25, -0.2) is 0 Å². The summed E-state index contributed by atoms with van der Waals surface area (Å²) >= 11 is 0. The topological polar surface area (TPSA) is 12.0 Å². The molecular formula is C17H27N. The third-order valence-corrected chi connectivity index (χ3v) is 4.26. The molecule has 1 aromatic carbocycles. The van der Waals surface area contributed by atoms with Crippen LogP contribution in [0.2, 0.25) is 0 Å². The highest BCUT2D eigenvalue weighted by Crippen LogP contribution is 2.28. The van der Waals surface area contributed by atoms with E-state index < -0.39 is 0 Å². The van der Waals surface area contributed by atoms with Gasteiger partial charge in [-0.3, -0.25) is 0 Å². The predicted molar refractivity (Wildman–Crippen MR) is 78.6 cm³/mol. The quantitative estimate of drug-likeness (QED) is 0.820. The molecule has 1 aliphatic carbocycles. The van der Waals surface area contributed by atoms with E-state index in [4.69, 9.17) is 0 Å². The van der Waals surface area contributed by atoms with E-state index in [1.165, 1.54) is 31.2 Å². The minimum absolute atomic E-state index is 0.504. The Morgan fingerprint density at radius 3 is 2.17 bits per heavy atom. The molecule has 1 fully saturated rings. The normalized spacial score (nSPS) is 26.2. The van der Waals surface area contributed by atoms with Crippen LogP contribution in [0.3, 0.4) is 0 Å². The van der Waals surface area contributed by atoms with Crippen molar-refractivity contribution in [3.63, 3.8) is 0 Å². The SMILES string of the molecule is CC1CCC(NC(c2ccccc2)C(C)C)CC1. The average Bonchev–Trinajstić information content (AvgIpc) is 2.38. The maximum absolute atomic E-state index is 3.89. The van der Waals surface area contributed by atoms with Gasteiger partial charge in [-0.05, 0) is 43.1 Å². The zero-order valence-electron chi connectivity index (χ0n) is 12.0. The van der Waals surface area contributed by atoms with Crippen molar-refractivity contribution in [2.45, 2.75) is 58.5 Å². The molecule has 0 heterocycles. The van der Waals surface area contributed by atoms with Crippen LogP contribution in [-0.4, -0.2) is 6.04 Å². The maximum atomic E-state index is 3.89. The highest BCUT2D eigenvalue weighted by molar-refractivity contribution is 5.19. The highest BCUT2D eigenvalue weighted by Gasteiger charge is 2.23. The van der Waals surface area contributed by atoms with Crippen molar-refractivity contribution in [2.24, 2.45) is 11.8 Å². The van der Waals surface area contributed by atoms with Crippen LogP contribution in [0.25, 0.3) is 0 Å². The Bertz CT molecular complexity index is 336. The molecule has 100 valence electrons. The smallest absolute Gasteiger partial charge is 0.0345 e. The third-order valence-electron chi connectivity index (χ3n) is 4.26. The van der Waals surface area contributed by atoms with Gasteiger partial charge >= 0.3 is 0 Å². The molecule has 1 aliphatic rings. The van der Waals surface area contributed by atoms with E-state index in [9.17, 15) is 0 Å². The molecule has 1 N–H and O–H groups in total. The van der Waals surface area contributed by atoms with Crippen molar-refractivity contribution in [1.29, 1.82) is 0 Å². The Morgan fingerprint density at radius 2 is 1.61 bits per heavy atom. The molecule has 1 heteroatoms. The van der Waals surface area contributed by atoms with Gasteiger partial charge in [-0.15, -0.1) is 0 Å². The lowest BCUT2D eigenvalue weighted by molar-refractivity contribution is 0.265. The molecule has 1 unspecified atom stereocenters. The minimum Gasteiger partial charge on any atom is -0.307 e. The van der Waals surface area contributed by atoms with Gasteiger partial charge in [0.15, 0.2) is 0 Å². The van der Waals surface area contributed by atoms with Crippen LogP contribution in [0.1, 0.15) is 58.1 Å². The lowest BCUT2D eigenvalue weighted by Crippen LogP contribution is -2.37. The van der Waals surface area contributed by atoms with Crippen molar-refractivity contribution in [2.75, 3.05) is 0 Å². The van der Waals surface area contributed by atoms with E-state index in [-0.39, 0.29) is 0 Å². The first kappa shape index (κ1) is 13.6. The number of hydrogen-bond donors (Lipinski definition) is 1. The summed E-state index contributed by atoms with van der Waals surface area (Å²) in [5, 5.41) is 3.89. The van der Waals surface area contributed by atoms with Crippen LogP contribution in [-0.2, 0) is 0 Å². The molecule has 0 amide bonds. The molecule has 0 bridgehead atoms. The first-order chi connectivity index (χ1) is 8.66. The molecule has 0 aromatic heterocycles. The molecule has 0 spiro atoms. The summed E-state index contributed by atoms with van der Waals surface area (Å²) in [6.45, 7) is 7.01. The first-order valence-corrected chi connectivity index (χ1v) is 7.48. The third kappa shape index (κ3) is 3.58. The molecule has 0 saturated heterocycles. The Kier molecular flexibility index (Phi) is 4.82. The van der Waals surface area contributed by atoms with E-state index in [0.717, 1.165) is 5.92 Å². The summed E-state index contributed by atoms with van der Waals surface area (Å²) in [7, 11) is 0. The van der Waals surface area contributed by atoms with Crippen LogP contribution in [0, 0.1) is 11.8 Å². The van der Waals surface area contributed by atoms with Crippen molar-refractivity contribution < 1.29 is 0 Å². The number of benzene rings is 1. The number of nitrogens with one attached hydrogen (secondary N) is 1. The summed E-state index contributed by atoms with van der Waals surface area (Å²) in [5.74, 6) is 1.57. The molecule has 18 heavy (non-hydrogen) atoms. The molecule has 0 aliphatic heterocycles. The summed E-state index contributed by atoms with van der Waals surface area (Å²) in [4.78, 5) is 0. The van der Waals surface area contributed by atoms with Gasteiger partial charge < -0.3 is 5.32 Å². The summed E-state index contributed by atoms with van der Waals surface area (Å²) < 4.78 is 0. The van der Waals surface area contributed by atoms with Crippen molar-refractivity contribution in [3.8, 4) is 0 Å². The van der Waals surface area contributed by atoms with Gasteiger partial charge in [0.1, 0.15) is 0 Å².